The monoisotopic (exact) mass is 441 g/mol. The largest absolute Gasteiger partial charge is 0.497 e. The minimum absolute atomic E-state index is 0.0388. The highest BCUT2D eigenvalue weighted by Crippen LogP contribution is 2.47. The van der Waals surface area contributed by atoms with Crippen LogP contribution >= 0.6 is 0 Å². The number of fused-ring (bicyclic) bond motifs is 2. The van der Waals surface area contributed by atoms with Crippen molar-refractivity contribution in [3.63, 3.8) is 0 Å². The lowest BCUT2D eigenvalue weighted by Gasteiger charge is -2.40. The number of nitrogens with one attached hydrogen (secondary N) is 1. The maximum absolute atomic E-state index is 13.3. The molecular formula is C28H31N3O2. The molecule has 0 aliphatic carbocycles. The van der Waals surface area contributed by atoms with Crippen molar-refractivity contribution in [1.29, 1.82) is 0 Å². The van der Waals surface area contributed by atoms with Gasteiger partial charge in [-0.15, -0.1) is 0 Å². The highest BCUT2D eigenvalue weighted by Gasteiger charge is 2.46. The Kier molecular flexibility index (Phi) is 6.05. The third-order valence-electron chi connectivity index (χ3n) is 7.19. The molecule has 33 heavy (non-hydrogen) atoms. The lowest BCUT2D eigenvalue weighted by molar-refractivity contribution is 0.168. The quantitative estimate of drug-likeness (QED) is 0.583. The molecule has 0 saturated carbocycles. The maximum Gasteiger partial charge on any atom is 0.326 e. The molecule has 2 amide bonds. The molecule has 1 fully saturated rings. The van der Waals surface area contributed by atoms with Gasteiger partial charge in [-0.25, -0.2) is 4.79 Å². The van der Waals surface area contributed by atoms with Crippen molar-refractivity contribution in [3.05, 3.63) is 90.0 Å². The Labute approximate surface area is 196 Å². The van der Waals surface area contributed by atoms with E-state index in [4.69, 9.17) is 4.74 Å². The topological polar surface area (TPSA) is 44.8 Å². The number of hydrogen-bond donors (Lipinski definition) is 1. The molecule has 0 radical (unpaired) electrons. The molecule has 1 N–H and O–H groups in total. The van der Waals surface area contributed by atoms with Crippen molar-refractivity contribution >= 4 is 17.4 Å². The number of para-hydroxylation sites is 1. The molecule has 0 unspecified atom stereocenters. The van der Waals surface area contributed by atoms with Gasteiger partial charge in [-0.3, -0.25) is 4.90 Å². The molecule has 5 nitrogen and oxygen atoms in total. The van der Waals surface area contributed by atoms with E-state index in [9.17, 15) is 4.79 Å². The van der Waals surface area contributed by atoms with Gasteiger partial charge in [-0.05, 0) is 73.8 Å². The van der Waals surface area contributed by atoms with E-state index in [1.54, 1.807) is 7.11 Å². The molecule has 2 heterocycles. The first-order valence-corrected chi connectivity index (χ1v) is 11.8. The molecule has 170 valence electrons. The van der Waals surface area contributed by atoms with Gasteiger partial charge in [-0.1, -0.05) is 48.5 Å². The van der Waals surface area contributed by atoms with Crippen LogP contribution in [0, 0.1) is 0 Å². The Bertz CT molecular complexity index is 1090. The van der Waals surface area contributed by atoms with Gasteiger partial charge in [0.15, 0.2) is 0 Å². The minimum atomic E-state index is -0.0731. The molecule has 0 bridgehead atoms. The van der Waals surface area contributed by atoms with Gasteiger partial charge in [0.1, 0.15) is 5.75 Å². The molecular weight excluding hydrogens is 410 g/mol. The van der Waals surface area contributed by atoms with Crippen LogP contribution in [0.3, 0.4) is 0 Å². The number of carbonyl (C=O) groups is 1. The predicted molar refractivity (Wildman–Crippen MR) is 133 cm³/mol. The molecule has 5 rings (SSSR count). The molecule has 2 aliphatic rings. The van der Waals surface area contributed by atoms with Gasteiger partial charge in [-0.2, -0.15) is 0 Å². The van der Waals surface area contributed by atoms with Crippen molar-refractivity contribution < 1.29 is 9.53 Å². The number of piperidine rings is 1. The van der Waals surface area contributed by atoms with Crippen LogP contribution in [0.15, 0.2) is 78.9 Å². The van der Waals surface area contributed by atoms with E-state index in [0.717, 1.165) is 62.6 Å². The Morgan fingerprint density at radius 1 is 0.939 bits per heavy atom. The third-order valence-corrected chi connectivity index (χ3v) is 7.19. The second kappa shape index (κ2) is 9.28. The van der Waals surface area contributed by atoms with Crippen molar-refractivity contribution in [2.24, 2.45) is 0 Å². The van der Waals surface area contributed by atoms with Crippen LogP contribution < -0.4 is 15.0 Å². The summed E-state index contributed by atoms with van der Waals surface area (Å²) in [5, 5.41) is 3.07. The first-order valence-electron chi connectivity index (χ1n) is 11.8. The van der Waals surface area contributed by atoms with Gasteiger partial charge in [0.2, 0.25) is 0 Å². The first kappa shape index (κ1) is 21.5. The standard InChI is InChI=1S/C28H31N3O2/c1-33-24-13-11-23(12-14-24)29-27(32)31-21-28(25-9-5-6-10-26(25)31)16-19-30(20-17-28)18-15-22-7-3-2-4-8-22/h2-14H,15-21H2,1H3,(H,29,32). The van der Waals surface area contributed by atoms with E-state index in [0.29, 0.717) is 0 Å². The Morgan fingerprint density at radius 2 is 1.64 bits per heavy atom. The summed E-state index contributed by atoms with van der Waals surface area (Å²) in [7, 11) is 1.64. The number of nitrogens with zero attached hydrogens (tertiary/aromatic N) is 2. The summed E-state index contributed by atoms with van der Waals surface area (Å²) in [5.41, 5.74) is 4.57. The normalized spacial score (nSPS) is 17.1. The molecule has 1 saturated heterocycles. The lowest BCUT2D eigenvalue weighted by Crippen LogP contribution is -2.47. The Hall–Kier alpha value is -3.31. The fraction of sp³-hybridized carbons (Fsp3) is 0.321. The number of ether oxygens (including phenoxy) is 1. The van der Waals surface area contributed by atoms with Gasteiger partial charge >= 0.3 is 6.03 Å². The summed E-state index contributed by atoms with van der Waals surface area (Å²) in [5.74, 6) is 0.775. The number of methoxy groups -OCH3 is 1. The molecule has 0 atom stereocenters. The van der Waals surface area contributed by atoms with E-state index in [1.165, 1.54) is 11.1 Å². The van der Waals surface area contributed by atoms with Gasteiger partial charge < -0.3 is 15.0 Å². The lowest BCUT2D eigenvalue weighted by atomic mass is 9.74. The maximum atomic E-state index is 13.3. The summed E-state index contributed by atoms with van der Waals surface area (Å²) >= 11 is 0. The molecule has 5 heteroatoms. The molecule has 0 aromatic heterocycles. The van der Waals surface area contributed by atoms with Crippen molar-refractivity contribution in [3.8, 4) is 5.75 Å². The van der Waals surface area contributed by atoms with Crippen LogP contribution in [0.4, 0.5) is 16.2 Å². The van der Waals surface area contributed by atoms with Crippen LogP contribution in [0.5, 0.6) is 5.75 Å². The minimum Gasteiger partial charge on any atom is -0.497 e. The van der Waals surface area contributed by atoms with E-state index in [2.05, 4.69) is 58.7 Å². The van der Waals surface area contributed by atoms with Gasteiger partial charge in [0.25, 0.3) is 0 Å². The van der Waals surface area contributed by atoms with E-state index >= 15 is 0 Å². The number of likely N-dealkylation sites (tertiary alicyclic amines) is 1. The van der Waals surface area contributed by atoms with E-state index in [-0.39, 0.29) is 11.4 Å². The second-order valence-corrected chi connectivity index (χ2v) is 9.12. The van der Waals surface area contributed by atoms with Gasteiger partial charge in [0, 0.05) is 29.9 Å². The van der Waals surface area contributed by atoms with Crippen molar-refractivity contribution in [1.82, 2.24) is 4.90 Å². The molecule has 3 aromatic rings. The van der Waals surface area contributed by atoms with E-state index in [1.807, 2.05) is 35.2 Å². The molecule has 3 aromatic carbocycles. The summed E-state index contributed by atoms with van der Waals surface area (Å²) < 4.78 is 5.22. The summed E-state index contributed by atoms with van der Waals surface area (Å²) in [6.45, 7) is 3.95. The average molecular weight is 442 g/mol. The highest BCUT2D eigenvalue weighted by atomic mass is 16.5. The summed E-state index contributed by atoms with van der Waals surface area (Å²) in [6.07, 6.45) is 3.23. The van der Waals surface area contributed by atoms with Crippen LogP contribution in [0.2, 0.25) is 0 Å². The molecule has 2 aliphatic heterocycles. The SMILES string of the molecule is COc1ccc(NC(=O)N2CC3(CCN(CCc4ccccc4)CC3)c3ccccc32)cc1. The van der Waals surface area contributed by atoms with Crippen molar-refractivity contribution in [2.75, 3.05) is 43.5 Å². The fourth-order valence-corrected chi connectivity index (χ4v) is 5.24. The van der Waals surface area contributed by atoms with Crippen LogP contribution in [-0.4, -0.2) is 44.2 Å². The number of carbonyl (C=O) groups excluding carboxylic acids is 1. The fourth-order valence-electron chi connectivity index (χ4n) is 5.24. The summed E-state index contributed by atoms with van der Waals surface area (Å²) in [6, 6.07) is 26.5. The number of rotatable bonds is 5. The highest BCUT2D eigenvalue weighted by molar-refractivity contribution is 6.03. The molecule has 1 spiro atoms. The van der Waals surface area contributed by atoms with E-state index < -0.39 is 0 Å². The Morgan fingerprint density at radius 3 is 2.36 bits per heavy atom. The zero-order valence-electron chi connectivity index (χ0n) is 19.2. The van der Waals surface area contributed by atoms with Crippen molar-refractivity contribution in [2.45, 2.75) is 24.7 Å². The van der Waals surface area contributed by atoms with Crippen LogP contribution in [-0.2, 0) is 11.8 Å². The van der Waals surface area contributed by atoms with Crippen LogP contribution in [0.25, 0.3) is 0 Å². The first-order chi connectivity index (χ1) is 16.2. The number of urea groups is 1. The Balaban J connectivity index is 1.26. The number of anilines is 2. The number of benzene rings is 3. The second-order valence-electron chi connectivity index (χ2n) is 9.12. The zero-order valence-corrected chi connectivity index (χ0v) is 19.2. The summed E-state index contributed by atoms with van der Waals surface area (Å²) in [4.78, 5) is 17.8. The number of hydrogen-bond acceptors (Lipinski definition) is 3. The van der Waals surface area contributed by atoms with Gasteiger partial charge in [0.05, 0.1) is 7.11 Å². The third kappa shape index (κ3) is 4.46. The van der Waals surface area contributed by atoms with Crippen LogP contribution in [0.1, 0.15) is 24.0 Å². The smallest absolute Gasteiger partial charge is 0.326 e. The predicted octanol–water partition coefficient (Wildman–Crippen LogP) is 5.32. The number of amides is 2. The average Bonchev–Trinajstić information content (AvgIpc) is 3.19. The zero-order chi connectivity index (χ0) is 22.7.